The number of halogens is 1. The number of nitrogens with zero attached hydrogens (tertiary/aromatic N) is 3. The number of benzene rings is 1. The van der Waals surface area contributed by atoms with Gasteiger partial charge in [0.05, 0.1) is 11.7 Å². The minimum atomic E-state index is -0.522. The van der Waals surface area contributed by atoms with E-state index in [1.165, 1.54) is 0 Å². The molecular weight excluding hydrogens is 344 g/mol. The van der Waals surface area contributed by atoms with Crippen molar-refractivity contribution in [2.75, 3.05) is 13.3 Å². The summed E-state index contributed by atoms with van der Waals surface area (Å²) >= 11 is 1.61. The number of rotatable bonds is 6. The number of carbonyl (C=O) groups is 1. The molecule has 1 aromatic carbocycles. The van der Waals surface area contributed by atoms with Crippen LogP contribution in [0.4, 0.5) is 0 Å². The fourth-order valence-corrected chi connectivity index (χ4v) is 2.54. The van der Waals surface area contributed by atoms with Gasteiger partial charge >= 0.3 is 0 Å². The normalized spacial score (nSPS) is 12.4. The Balaban J connectivity index is 0.00000288. The van der Waals surface area contributed by atoms with E-state index >= 15 is 0 Å². The van der Waals surface area contributed by atoms with Crippen LogP contribution in [0.2, 0.25) is 0 Å². The first-order valence-electron chi connectivity index (χ1n) is 7.50. The fraction of sp³-hybridized carbons (Fsp3) is 0.412. The van der Waals surface area contributed by atoms with E-state index in [-0.39, 0.29) is 23.1 Å². The summed E-state index contributed by atoms with van der Waals surface area (Å²) in [6.07, 6.45) is 5.62. The summed E-state index contributed by atoms with van der Waals surface area (Å²) in [5.74, 6) is -0.0412. The third kappa shape index (κ3) is 4.75. The number of hydrogen-bond acceptors (Lipinski definition) is 4. The van der Waals surface area contributed by atoms with Gasteiger partial charge in [0.1, 0.15) is 0 Å². The molecular formula is C17H25ClN4OS. The minimum absolute atomic E-state index is 0. The first-order valence-corrected chi connectivity index (χ1v) is 8.72. The Morgan fingerprint density at radius 2 is 2.00 bits per heavy atom. The van der Waals surface area contributed by atoms with E-state index < -0.39 is 6.04 Å². The van der Waals surface area contributed by atoms with Gasteiger partial charge in [-0.3, -0.25) is 4.79 Å². The Morgan fingerprint density at radius 1 is 1.38 bits per heavy atom. The number of hydrogen-bond donors (Lipinski definition) is 1. The molecule has 0 fully saturated rings. The summed E-state index contributed by atoms with van der Waals surface area (Å²) in [6, 6.07) is 9.36. The van der Waals surface area contributed by atoms with Crippen molar-refractivity contribution in [1.82, 2.24) is 14.7 Å². The van der Waals surface area contributed by atoms with Gasteiger partial charge in [0.25, 0.3) is 0 Å². The smallest absolute Gasteiger partial charge is 0.240 e. The number of carbonyl (C=O) groups excluding carboxylic acids is 1. The largest absolute Gasteiger partial charge is 0.340 e. The number of thioether (sulfide) groups is 1. The average molecular weight is 369 g/mol. The minimum Gasteiger partial charge on any atom is -0.340 e. The van der Waals surface area contributed by atoms with Crippen molar-refractivity contribution in [2.45, 2.75) is 31.2 Å². The number of nitrogens with two attached hydrogens (primary N) is 1. The Bertz CT molecular complexity index is 643. The van der Waals surface area contributed by atoms with Gasteiger partial charge < -0.3 is 10.6 Å². The van der Waals surface area contributed by atoms with Crippen LogP contribution in [0.1, 0.15) is 19.4 Å². The molecule has 1 heterocycles. The van der Waals surface area contributed by atoms with Gasteiger partial charge in [-0.2, -0.15) is 16.9 Å². The van der Waals surface area contributed by atoms with E-state index in [9.17, 15) is 4.79 Å². The summed E-state index contributed by atoms with van der Waals surface area (Å²) in [5, 5.41) is 4.20. The van der Waals surface area contributed by atoms with E-state index in [0.717, 1.165) is 11.3 Å². The SMILES string of the molecule is CSC(C)(C)[C@H](N)C(=O)N(C)Cc1ccc(-n2cccn2)cc1.Cl. The van der Waals surface area contributed by atoms with Crippen molar-refractivity contribution in [3.63, 3.8) is 0 Å². The van der Waals surface area contributed by atoms with E-state index in [0.29, 0.717) is 6.54 Å². The molecule has 24 heavy (non-hydrogen) atoms. The Morgan fingerprint density at radius 3 is 2.50 bits per heavy atom. The topological polar surface area (TPSA) is 64.2 Å². The van der Waals surface area contributed by atoms with Crippen LogP contribution in [-0.4, -0.2) is 44.7 Å². The van der Waals surface area contributed by atoms with Crippen LogP contribution in [0.5, 0.6) is 0 Å². The molecule has 0 aliphatic carbocycles. The highest BCUT2D eigenvalue weighted by Gasteiger charge is 2.33. The molecule has 0 saturated heterocycles. The lowest BCUT2D eigenvalue weighted by Crippen LogP contribution is -2.52. The Labute approximate surface area is 154 Å². The maximum atomic E-state index is 12.5. The lowest BCUT2D eigenvalue weighted by Gasteiger charge is -2.31. The Kier molecular flexibility index (Phi) is 7.32. The molecule has 0 saturated carbocycles. The number of likely N-dealkylation sites (N-methyl/N-ethyl adjacent to an activating group) is 1. The zero-order valence-electron chi connectivity index (χ0n) is 14.5. The van der Waals surface area contributed by atoms with Crippen LogP contribution in [0, 0.1) is 0 Å². The molecule has 0 spiro atoms. The first kappa shape index (κ1) is 20.5. The lowest BCUT2D eigenvalue weighted by molar-refractivity contribution is -0.132. The number of aromatic nitrogens is 2. The molecule has 1 atom stereocenters. The number of amides is 1. The highest BCUT2D eigenvalue weighted by atomic mass is 35.5. The molecule has 0 radical (unpaired) electrons. The summed E-state index contributed by atoms with van der Waals surface area (Å²) in [6.45, 7) is 4.52. The highest BCUT2D eigenvalue weighted by molar-refractivity contribution is 8.00. The second kappa shape index (κ2) is 8.55. The fourth-order valence-electron chi connectivity index (χ4n) is 2.19. The summed E-state index contributed by atoms with van der Waals surface area (Å²) < 4.78 is 1.52. The molecule has 7 heteroatoms. The quantitative estimate of drug-likeness (QED) is 0.851. The molecule has 1 aromatic heterocycles. The van der Waals surface area contributed by atoms with Crippen molar-refractivity contribution in [1.29, 1.82) is 0 Å². The molecule has 0 aliphatic heterocycles. The van der Waals surface area contributed by atoms with Crippen LogP contribution >= 0.6 is 24.2 Å². The van der Waals surface area contributed by atoms with Gasteiger partial charge in [0.15, 0.2) is 0 Å². The van der Waals surface area contributed by atoms with Crippen molar-refractivity contribution >= 4 is 30.1 Å². The summed E-state index contributed by atoms with van der Waals surface area (Å²) in [5.41, 5.74) is 8.18. The van der Waals surface area contributed by atoms with Crippen molar-refractivity contribution in [2.24, 2.45) is 5.73 Å². The Hall–Kier alpha value is -1.50. The zero-order chi connectivity index (χ0) is 17.0. The van der Waals surface area contributed by atoms with E-state index in [2.05, 4.69) is 5.10 Å². The third-order valence-electron chi connectivity index (χ3n) is 4.04. The predicted molar refractivity (Wildman–Crippen MR) is 103 cm³/mol. The molecule has 5 nitrogen and oxygen atoms in total. The standard InChI is InChI=1S/C17H24N4OS.ClH/c1-17(2,23-4)15(18)16(22)20(3)12-13-6-8-14(9-7-13)21-11-5-10-19-21;/h5-11,15H,12,18H2,1-4H3;1H/t15-;/m1./s1. The van der Waals surface area contributed by atoms with Crippen molar-refractivity contribution < 1.29 is 4.79 Å². The molecule has 1 amide bonds. The van der Waals surface area contributed by atoms with Gasteiger partial charge in [0.2, 0.25) is 5.91 Å². The maximum Gasteiger partial charge on any atom is 0.240 e. The zero-order valence-corrected chi connectivity index (χ0v) is 16.1. The van der Waals surface area contributed by atoms with Gasteiger partial charge in [-0.25, -0.2) is 4.68 Å². The second-order valence-corrected chi connectivity index (χ2v) is 7.56. The first-order chi connectivity index (χ1) is 10.8. The molecule has 2 rings (SSSR count). The molecule has 0 bridgehead atoms. The van der Waals surface area contributed by atoms with Crippen LogP contribution in [0.15, 0.2) is 42.7 Å². The monoisotopic (exact) mass is 368 g/mol. The average Bonchev–Trinajstić information content (AvgIpc) is 3.08. The van der Waals surface area contributed by atoms with E-state index in [1.807, 2.05) is 56.6 Å². The van der Waals surface area contributed by atoms with Crippen molar-refractivity contribution in [3.8, 4) is 5.69 Å². The maximum absolute atomic E-state index is 12.5. The van der Waals surface area contributed by atoms with Crippen LogP contribution in [0.3, 0.4) is 0 Å². The summed E-state index contributed by atoms with van der Waals surface area (Å²) in [7, 11) is 1.79. The predicted octanol–water partition coefficient (Wildman–Crippen LogP) is 2.72. The molecule has 2 N–H and O–H groups in total. The third-order valence-corrected chi connectivity index (χ3v) is 5.35. The summed E-state index contributed by atoms with van der Waals surface area (Å²) in [4.78, 5) is 14.2. The van der Waals surface area contributed by atoms with Gasteiger partial charge in [-0.05, 0) is 43.9 Å². The van der Waals surface area contributed by atoms with E-state index in [1.54, 1.807) is 34.6 Å². The molecule has 0 aliphatic rings. The van der Waals surface area contributed by atoms with E-state index in [4.69, 9.17) is 5.73 Å². The second-order valence-electron chi connectivity index (χ2n) is 6.10. The van der Waals surface area contributed by atoms with Gasteiger partial charge in [-0.1, -0.05) is 12.1 Å². The van der Waals surface area contributed by atoms with Crippen LogP contribution in [0.25, 0.3) is 5.69 Å². The van der Waals surface area contributed by atoms with Crippen LogP contribution < -0.4 is 5.73 Å². The molecule has 2 aromatic rings. The lowest BCUT2D eigenvalue weighted by atomic mass is 10.0. The van der Waals surface area contributed by atoms with Gasteiger partial charge in [0, 0.05) is 30.7 Å². The van der Waals surface area contributed by atoms with Gasteiger partial charge in [-0.15, -0.1) is 12.4 Å². The highest BCUT2D eigenvalue weighted by Crippen LogP contribution is 2.25. The molecule has 132 valence electrons. The van der Waals surface area contributed by atoms with Crippen LogP contribution in [-0.2, 0) is 11.3 Å². The van der Waals surface area contributed by atoms with Crippen molar-refractivity contribution in [3.05, 3.63) is 48.3 Å². The molecule has 0 unspecified atom stereocenters.